The summed E-state index contributed by atoms with van der Waals surface area (Å²) in [5, 5.41) is 23.9. The van der Waals surface area contributed by atoms with Gasteiger partial charge in [-0.05, 0) is 203 Å². The van der Waals surface area contributed by atoms with Crippen LogP contribution in [0.3, 0.4) is 0 Å². The van der Waals surface area contributed by atoms with Crippen LogP contribution >= 0.6 is 0 Å². The first kappa shape index (κ1) is 73.4. The van der Waals surface area contributed by atoms with Gasteiger partial charge >= 0.3 is 0 Å². The highest BCUT2D eigenvalue weighted by atomic mass is 15.0. The van der Waals surface area contributed by atoms with E-state index in [9.17, 15) is 0 Å². The Hall–Kier alpha value is -14.4. The number of aryl methyl sites for hydroxylation is 11. The van der Waals surface area contributed by atoms with Crippen LogP contribution in [-0.2, 0) is 35.2 Å². The van der Waals surface area contributed by atoms with Gasteiger partial charge in [0, 0.05) is 92.9 Å². The number of benzene rings is 14. The van der Waals surface area contributed by atoms with Gasteiger partial charge in [0.1, 0.15) is 47.1 Å². The molecule has 7 aromatic heterocycles. The normalized spacial score (nSPS) is 11.3. The van der Waals surface area contributed by atoms with Crippen LogP contribution in [0.4, 0.5) is 0 Å². The number of hydrogen-bond acceptors (Lipinski definition) is 7. The molecule has 0 bridgehead atoms. The molecule has 0 saturated heterocycles. The average molecular weight is 1490 g/mol. The highest BCUT2D eigenvalue weighted by molar-refractivity contribution is 6.13. The largest absolute Gasteiger partial charge is 0.287 e. The molecule has 12 heteroatoms. The van der Waals surface area contributed by atoms with Crippen molar-refractivity contribution in [1.82, 2.24) is 34.9 Å². The van der Waals surface area contributed by atoms with Gasteiger partial charge in [-0.25, -0.2) is 22.8 Å². The molecule has 554 valence electrons. The standard InChI is InChI=1S/C24H19N2.C21H19N2.C20H17N2.2C19H16N3/c1-16-13-18-12-11-17-7-3-4-8-19(17)22(18)14-21(16)24-20-9-5-6-10-23(20)25-15-26(24)2;1-14-10-17-9-8-16-6-4-5-7-18(16)20(17)12-19(14)21-11-15(2)22-13-23(21)3;1-14-11-16-8-7-15-5-3-4-6-17(15)19(16)12-18(14)20-9-10-21-13-22(20)2;1-13-9-14-11-21-18-6-4-3-5-15(18)17(14)10-16(13)19-7-8-20-12-22(19)2;1-13-9-18-17(15-6-4-3-5-14(15)11-21-18)10-16(13)19-7-8-20-12-22(19)2/h3-15H,1-2H3;4-13H,1-3H3;3-13H,1-2H3;2*3-12H,1-2H3/q5*+1. The minimum atomic E-state index is 1.03. The first-order valence-electron chi connectivity index (χ1n) is 38.9. The van der Waals surface area contributed by atoms with E-state index in [2.05, 4.69) is 345 Å². The molecule has 0 N–H and O–H groups in total. The molecule has 0 radical (unpaired) electrons. The van der Waals surface area contributed by atoms with E-state index in [1.165, 1.54) is 175 Å². The van der Waals surface area contributed by atoms with Crippen LogP contribution in [0.25, 0.3) is 175 Å². The van der Waals surface area contributed by atoms with Crippen LogP contribution in [0.15, 0.2) is 330 Å². The molecular weight excluding hydrogens is 1410 g/mol. The summed E-state index contributed by atoms with van der Waals surface area (Å²) in [7, 11) is 10.2. The molecule has 0 atom stereocenters. The summed E-state index contributed by atoms with van der Waals surface area (Å²) in [6, 6.07) is 95.1. The fraction of sp³-hybridized carbons (Fsp3) is 0.107. The van der Waals surface area contributed by atoms with Gasteiger partial charge in [0.25, 0.3) is 31.6 Å². The average Bonchev–Trinajstić information content (AvgIpc) is 0.781. The number of para-hydroxylation sites is 2. The number of hydrogen-bond donors (Lipinski definition) is 0. The van der Waals surface area contributed by atoms with Crippen molar-refractivity contribution in [3.63, 3.8) is 0 Å². The maximum atomic E-state index is 4.61. The van der Waals surface area contributed by atoms with Gasteiger partial charge in [0.15, 0.2) is 11.2 Å². The van der Waals surface area contributed by atoms with E-state index in [4.69, 9.17) is 0 Å². The Morgan fingerprint density at radius 2 is 0.539 bits per heavy atom. The zero-order valence-electron chi connectivity index (χ0n) is 66.5. The van der Waals surface area contributed by atoms with Gasteiger partial charge in [0.2, 0.25) is 0 Å². The van der Waals surface area contributed by atoms with Crippen molar-refractivity contribution in [2.45, 2.75) is 41.5 Å². The van der Waals surface area contributed by atoms with E-state index < -0.39 is 0 Å². The van der Waals surface area contributed by atoms with Gasteiger partial charge in [-0.15, -0.1) is 0 Å². The topological polar surface area (TPSA) is 110 Å². The molecule has 0 aliphatic rings. The molecule has 0 aliphatic heterocycles. The van der Waals surface area contributed by atoms with E-state index in [-0.39, 0.29) is 0 Å². The highest BCUT2D eigenvalue weighted by Crippen LogP contribution is 2.38. The summed E-state index contributed by atoms with van der Waals surface area (Å²) in [4.78, 5) is 30.6. The maximum absolute atomic E-state index is 4.61. The van der Waals surface area contributed by atoms with Gasteiger partial charge in [0.05, 0.1) is 51.7 Å². The molecule has 21 aromatic rings. The molecular formula is C103H87N12+5. The van der Waals surface area contributed by atoms with Crippen LogP contribution in [0, 0.1) is 41.5 Å². The van der Waals surface area contributed by atoms with Crippen molar-refractivity contribution in [2.24, 2.45) is 35.2 Å². The van der Waals surface area contributed by atoms with E-state index in [0.717, 1.165) is 33.6 Å². The molecule has 0 spiro atoms. The molecule has 7 heterocycles. The lowest BCUT2D eigenvalue weighted by atomic mass is 9.94. The molecule has 21 rings (SSSR count). The second-order valence-corrected chi connectivity index (χ2v) is 30.1. The van der Waals surface area contributed by atoms with Crippen molar-refractivity contribution in [1.29, 1.82) is 0 Å². The molecule has 0 aliphatic carbocycles. The van der Waals surface area contributed by atoms with Gasteiger partial charge in [-0.3, -0.25) is 9.97 Å². The van der Waals surface area contributed by atoms with Crippen molar-refractivity contribution >= 4 is 119 Å². The summed E-state index contributed by atoms with van der Waals surface area (Å²) in [5.41, 5.74) is 22.6. The van der Waals surface area contributed by atoms with Crippen molar-refractivity contribution < 1.29 is 22.8 Å². The van der Waals surface area contributed by atoms with Crippen molar-refractivity contribution in [2.75, 3.05) is 0 Å². The second kappa shape index (κ2) is 31.4. The molecule has 12 nitrogen and oxygen atoms in total. The van der Waals surface area contributed by atoms with Crippen LogP contribution in [0.2, 0.25) is 0 Å². The molecule has 0 unspecified atom stereocenters. The lowest BCUT2D eigenvalue weighted by Crippen LogP contribution is -2.31. The SMILES string of the molecule is Cc1cc(-c2cc3c(ccc4ccccc43)cc2C)[n+](C)cn1.Cc1cc2ccc3ccccc3c2cc1-c1c2ccccc2nc[n+]1C.Cc1cc2ccc3ccccc3c2cc1-c1ccnc[n+]1C.Cc1cc2cnc3ccccc3c2cc1-c1ccnc[n+]1C.Cc1cc2ncc3ccccc3c2cc1-c1ccnc[n+]1C. The van der Waals surface area contributed by atoms with Gasteiger partial charge in [-0.2, -0.15) is 0 Å². The monoisotopic (exact) mass is 1490 g/mol. The maximum Gasteiger partial charge on any atom is 0.287 e. The Kier molecular flexibility index (Phi) is 20.1. The second-order valence-electron chi connectivity index (χ2n) is 30.1. The fourth-order valence-electron chi connectivity index (χ4n) is 16.4. The quantitative estimate of drug-likeness (QED) is 0.125. The highest BCUT2D eigenvalue weighted by Gasteiger charge is 2.21. The van der Waals surface area contributed by atoms with Crippen LogP contribution < -0.4 is 22.8 Å². The molecule has 14 aromatic carbocycles. The number of nitrogens with zero attached hydrogens (tertiary/aromatic N) is 12. The Bertz CT molecular complexity index is 7000. The predicted molar refractivity (Wildman–Crippen MR) is 471 cm³/mol. The summed E-state index contributed by atoms with van der Waals surface area (Å²) in [6.45, 7) is 12.9. The molecule has 0 amide bonds. The Morgan fingerprint density at radius 3 is 1.03 bits per heavy atom. The Labute approximate surface area is 668 Å². The summed E-state index contributed by atoms with van der Waals surface area (Å²) in [6.07, 6.45) is 18.7. The lowest BCUT2D eigenvalue weighted by molar-refractivity contribution is -0.663. The van der Waals surface area contributed by atoms with Crippen LogP contribution in [-0.4, -0.2) is 34.9 Å². The number of fused-ring (bicyclic) bond motifs is 16. The third-order valence-corrected chi connectivity index (χ3v) is 22.4. The number of pyridine rings is 2. The smallest absolute Gasteiger partial charge is 0.256 e. The minimum absolute atomic E-state index is 1.03. The number of rotatable bonds is 5. The molecule has 0 saturated carbocycles. The third-order valence-electron chi connectivity index (χ3n) is 22.4. The van der Waals surface area contributed by atoms with E-state index in [1.54, 1.807) is 0 Å². The van der Waals surface area contributed by atoms with Gasteiger partial charge in [-0.1, -0.05) is 202 Å². The van der Waals surface area contributed by atoms with Crippen molar-refractivity contribution in [3.05, 3.63) is 363 Å². The zero-order chi connectivity index (χ0) is 79.0. The van der Waals surface area contributed by atoms with E-state index >= 15 is 0 Å². The number of aromatic nitrogens is 12. The minimum Gasteiger partial charge on any atom is -0.256 e. The van der Waals surface area contributed by atoms with Gasteiger partial charge < -0.3 is 0 Å². The van der Waals surface area contributed by atoms with E-state index in [0.29, 0.717) is 0 Å². The third kappa shape index (κ3) is 14.5. The first-order valence-corrected chi connectivity index (χ1v) is 38.9. The van der Waals surface area contributed by atoms with Crippen molar-refractivity contribution in [3.8, 4) is 56.3 Å². The Morgan fingerprint density at radius 1 is 0.209 bits per heavy atom. The predicted octanol–water partition coefficient (Wildman–Crippen LogP) is 21.2. The first-order chi connectivity index (χ1) is 56.1. The van der Waals surface area contributed by atoms with Crippen LogP contribution in [0.1, 0.15) is 33.5 Å². The molecule has 0 fully saturated rings. The summed E-state index contributed by atoms with van der Waals surface area (Å²) < 4.78 is 10.4. The molecule has 115 heavy (non-hydrogen) atoms. The zero-order valence-corrected chi connectivity index (χ0v) is 66.5. The Balaban J connectivity index is 0.000000104. The van der Waals surface area contributed by atoms with E-state index in [1.807, 2.05) is 120 Å². The fourth-order valence-corrected chi connectivity index (χ4v) is 16.4. The summed E-state index contributed by atoms with van der Waals surface area (Å²) >= 11 is 0. The summed E-state index contributed by atoms with van der Waals surface area (Å²) in [5.74, 6) is 0. The lowest BCUT2D eigenvalue weighted by Gasteiger charge is -2.12. The van der Waals surface area contributed by atoms with Crippen LogP contribution in [0.5, 0.6) is 0 Å².